The van der Waals surface area contributed by atoms with E-state index in [0.717, 1.165) is 10.1 Å². The van der Waals surface area contributed by atoms with Crippen LogP contribution >= 0.6 is 11.3 Å². The first kappa shape index (κ1) is 8.19. The zero-order valence-electron chi connectivity index (χ0n) is 7.07. The molecule has 2 aromatic rings. The summed E-state index contributed by atoms with van der Waals surface area (Å²) >= 11 is 1.61. The predicted octanol–water partition coefficient (Wildman–Crippen LogP) is 1.66. The Hall–Kier alpha value is -1.42. The lowest BCUT2D eigenvalue weighted by atomic mass is 10.3. The van der Waals surface area contributed by atoms with E-state index < -0.39 is 0 Å². The van der Waals surface area contributed by atoms with Crippen molar-refractivity contribution in [1.82, 2.24) is 10.3 Å². The Bertz CT molecular complexity index is 450. The second-order valence-corrected chi connectivity index (χ2v) is 3.55. The van der Waals surface area contributed by atoms with Gasteiger partial charge in [0.25, 0.3) is 5.91 Å². The number of amides is 1. The molecule has 4 heteroatoms. The van der Waals surface area contributed by atoms with E-state index in [1.165, 1.54) is 0 Å². The van der Waals surface area contributed by atoms with Gasteiger partial charge in [-0.15, -0.1) is 11.3 Å². The zero-order chi connectivity index (χ0) is 9.26. The van der Waals surface area contributed by atoms with Crippen LogP contribution in [0.15, 0.2) is 23.7 Å². The molecule has 3 nitrogen and oxygen atoms in total. The lowest BCUT2D eigenvalue weighted by molar-refractivity contribution is 0.0958. The van der Waals surface area contributed by atoms with Crippen molar-refractivity contribution in [3.8, 4) is 0 Å². The van der Waals surface area contributed by atoms with Crippen LogP contribution in [0.25, 0.3) is 10.1 Å². The Morgan fingerprint density at radius 1 is 1.62 bits per heavy atom. The van der Waals surface area contributed by atoms with E-state index in [1.807, 2.05) is 11.4 Å². The summed E-state index contributed by atoms with van der Waals surface area (Å²) in [6.07, 6.45) is 1.72. The summed E-state index contributed by atoms with van der Waals surface area (Å²) in [5.74, 6) is -0.143. The second-order valence-electron chi connectivity index (χ2n) is 2.61. The monoisotopic (exact) mass is 192 g/mol. The van der Waals surface area contributed by atoms with Gasteiger partial charge in [-0.1, -0.05) is 0 Å². The molecule has 1 N–H and O–H groups in total. The number of carbonyl (C=O) groups excluding carboxylic acids is 1. The highest BCUT2D eigenvalue weighted by Gasteiger charge is 2.05. The maximum absolute atomic E-state index is 11.2. The number of nitrogens with zero attached hydrogens (tertiary/aromatic N) is 1. The first-order valence-electron chi connectivity index (χ1n) is 3.86. The molecule has 0 aliphatic rings. The van der Waals surface area contributed by atoms with Gasteiger partial charge in [0, 0.05) is 23.3 Å². The summed E-state index contributed by atoms with van der Waals surface area (Å²) in [7, 11) is 1.60. The standard InChI is InChI=1S/C9H8N2OS/c1-10-9(12)7-4-8-6(5-11-7)2-3-13-8/h2-5H,1H3,(H,10,12). The van der Waals surface area contributed by atoms with Crippen LogP contribution in [-0.2, 0) is 0 Å². The number of aromatic nitrogens is 1. The first-order valence-corrected chi connectivity index (χ1v) is 4.74. The first-order chi connectivity index (χ1) is 6.31. The van der Waals surface area contributed by atoms with Crippen LogP contribution in [0.4, 0.5) is 0 Å². The van der Waals surface area contributed by atoms with E-state index in [1.54, 1.807) is 30.6 Å². The van der Waals surface area contributed by atoms with Crippen LogP contribution in [-0.4, -0.2) is 17.9 Å². The third-order valence-electron chi connectivity index (χ3n) is 1.80. The Morgan fingerprint density at radius 2 is 2.46 bits per heavy atom. The average Bonchev–Trinajstić information content (AvgIpc) is 2.63. The minimum atomic E-state index is -0.143. The van der Waals surface area contributed by atoms with Crippen LogP contribution in [0.3, 0.4) is 0 Å². The van der Waals surface area contributed by atoms with Crippen molar-refractivity contribution >= 4 is 27.3 Å². The molecular formula is C9H8N2OS. The topological polar surface area (TPSA) is 42.0 Å². The fourth-order valence-corrected chi connectivity index (χ4v) is 1.91. The molecule has 0 unspecified atom stereocenters. The third-order valence-corrected chi connectivity index (χ3v) is 2.68. The van der Waals surface area contributed by atoms with Crippen LogP contribution in [0.1, 0.15) is 10.5 Å². The molecule has 1 amide bonds. The van der Waals surface area contributed by atoms with E-state index in [9.17, 15) is 4.79 Å². The lowest BCUT2D eigenvalue weighted by Gasteiger charge is -1.97. The SMILES string of the molecule is CNC(=O)c1cc2sccc2cn1. The van der Waals surface area contributed by atoms with Crippen molar-refractivity contribution in [3.05, 3.63) is 29.4 Å². The molecule has 0 fully saturated rings. The van der Waals surface area contributed by atoms with Crippen LogP contribution in [0.2, 0.25) is 0 Å². The summed E-state index contributed by atoms with van der Waals surface area (Å²) in [4.78, 5) is 15.3. The molecule has 0 atom stereocenters. The summed E-state index contributed by atoms with van der Waals surface area (Å²) in [5.41, 5.74) is 0.470. The number of hydrogen-bond donors (Lipinski definition) is 1. The molecule has 0 bridgehead atoms. The van der Waals surface area contributed by atoms with Gasteiger partial charge in [0.15, 0.2) is 0 Å². The molecule has 2 rings (SSSR count). The summed E-state index contributed by atoms with van der Waals surface area (Å²) in [6, 6.07) is 3.79. The molecule has 0 aromatic carbocycles. The number of pyridine rings is 1. The van der Waals surface area contributed by atoms with Gasteiger partial charge in [-0.3, -0.25) is 9.78 Å². The number of rotatable bonds is 1. The zero-order valence-corrected chi connectivity index (χ0v) is 7.89. The molecular weight excluding hydrogens is 184 g/mol. The lowest BCUT2D eigenvalue weighted by Crippen LogP contribution is -2.18. The second kappa shape index (κ2) is 3.14. The summed E-state index contributed by atoms with van der Waals surface area (Å²) in [6.45, 7) is 0. The molecule has 0 aliphatic carbocycles. The van der Waals surface area contributed by atoms with Crippen molar-refractivity contribution in [3.63, 3.8) is 0 Å². The van der Waals surface area contributed by atoms with Crippen molar-refractivity contribution < 1.29 is 4.79 Å². The number of nitrogens with one attached hydrogen (secondary N) is 1. The van der Waals surface area contributed by atoms with Gasteiger partial charge in [0.1, 0.15) is 5.69 Å². The average molecular weight is 192 g/mol. The fraction of sp³-hybridized carbons (Fsp3) is 0.111. The summed E-state index contributed by atoms with van der Waals surface area (Å²) in [5, 5.41) is 5.61. The van der Waals surface area contributed by atoms with Gasteiger partial charge in [0.05, 0.1) is 0 Å². The summed E-state index contributed by atoms with van der Waals surface area (Å²) < 4.78 is 1.09. The van der Waals surface area contributed by atoms with Crippen LogP contribution in [0.5, 0.6) is 0 Å². The van der Waals surface area contributed by atoms with E-state index in [0.29, 0.717) is 5.69 Å². The molecule has 0 saturated carbocycles. The minimum Gasteiger partial charge on any atom is -0.354 e. The van der Waals surface area contributed by atoms with Gasteiger partial charge >= 0.3 is 0 Å². The molecule has 2 heterocycles. The molecule has 0 saturated heterocycles. The van der Waals surface area contributed by atoms with Crippen LogP contribution in [0, 0.1) is 0 Å². The smallest absolute Gasteiger partial charge is 0.269 e. The van der Waals surface area contributed by atoms with E-state index in [-0.39, 0.29) is 5.91 Å². The van der Waals surface area contributed by atoms with Gasteiger partial charge in [-0.05, 0) is 17.5 Å². The largest absolute Gasteiger partial charge is 0.354 e. The Balaban J connectivity index is 2.54. The van der Waals surface area contributed by atoms with Crippen molar-refractivity contribution in [1.29, 1.82) is 0 Å². The molecule has 0 aliphatic heterocycles. The highest BCUT2D eigenvalue weighted by molar-refractivity contribution is 7.17. The normalized spacial score (nSPS) is 10.2. The van der Waals surface area contributed by atoms with Crippen molar-refractivity contribution in [2.45, 2.75) is 0 Å². The minimum absolute atomic E-state index is 0.143. The highest BCUT2D eigenvalue weighted by Crippen LogP contribution is 2.19. The molecule has 13 heavy (non-hydrogen) atoms. The number of thiophene rings is 1. The quantitative estimate of drug-likeness (QED) is 0.746. The van der Waals surface area contributed by atoms with Crippen molar-refractivity contribution in [2.24, 2.45) is 0 Å². The van der Waals surface area contributed by atoms with E-state index in [2.05, 4.69) is 10.3 Å². The van der Waals surface area contributed by atoms with Crippen molar-refractivity contribution in [2.75, 3.05) is 7.05 Å². The Labute approximate surface area is 79.4 Å². The number of hydrogen-bond acceptors (Lipinski definition) is 3. The molecule has 2 aromatic heterocycles. The maximum Gasteiger partial charge on any atom is 0.269 e. The van der Waals surface area contributed by atoms with Crippen LogP contribution < -0.4 is 5.32 Å². The molecule has 0 spiro atoms. The number of fused-ring (bicyclic) bond motifs is 1. The Morgan fingerprint density at radius 3 is 3.23 bits per heavy atom. The third kappa shape index (κ3) is 1.40. The Kier molecular flexibility index (Phi) is 1.98. The molecule has 0 radical (unpaired) electrons. The maximum atomic E-state index is 11.2. The molecule has 66 valence electrons. The van der Waals surface area contributed by atoms with Gasteiger partial charge in [-0.25, -0.2) is 0 Å². The fourth-order valence-electron chi connectivity index (χ4n) is 1.11. The number of carbonyl (C=O) groups is 1. The van der Waals surface area contributed by atoms with Gasteiger partial charge < -0.3 is 5.32 Å². The predicted molar refractivity (Wildman–Crippen MR) is 53.0 cm³/mol. The van der Waals surface area contributed by atoms with Gasteiger partial charge in [-0.2, -0.15) is 0 Å². The van der Waals surface area contributed by atoms with Gasteiger partial charge in [0.2, 0.25) is 0 Å². The van der Waals surface area contributed by atoms with E-state index >= 15 is 0 Å². The van der Waals surface area contributed by atoms with E-state index in [4.69, 9.17) is 0 Å². The highest BCUT2D eigenvalue weighted by atomic mass is 32.1.